The molecule has 3 N–H and O–H groups in total. The van der Waals surface area contributed by atoms with Gasteiger partial charge in [0, 0.05) is 0 Å². The van der Waals surface area contributed by atoms with Gasteiger partial charge in [-0.2, -0.15) is 0 Å². The van der Waals surface area contributed by atoms with Crippen molar-refractivity contribution in [3.8, 4) is 0 Å². The highest BCUT2D eigenvalue weighted by Crippen LogP contribution is 2.52. The van der Waals surface area contributed by atoms with Crippen molar-refractivity contribution in [2.24, 2.45) is 0 Å². The van der Waals surface area contributed by atoms with Crippen LogP contribution in [0, 0.1) is 0 Å². The van der Waals surface area contributed by atoms with Gasteiger partial charge in [0.1, 0.15) is 25.4 Å². The molecular formula is C27H35NO6P+. The zero-order valence-electron chi connectivity index (χ0n) is 20.4. The van der Waals surface area contributed by atoms with Crippen molar-refractivity contribution < 1.29 is 33.2 Å². The number of quaternary nitrogens is 1. The average Bonchev–Trinajstić information content (AvgIpc) is 2.84. The molecule has 35 heavy (non-hydrogen) atoms. The molecular weight excluding hydrogens is 465 g/mol. The largest absolute Gasteiger partial charge is 0.472 e. The van der Waals surface area contributed by atoms with Gasteiger partial charge in [0.05, 0.1) is 33.2 Å². The van der Waals surface area contributed by atoms with Crippen molar-refractivity contribution in [1.29, 1.82) is 0 Å². The van der Waals surface area contributed by atoms with Crippen LogP contribution >= 0.6 is 7.82 Å². The lowest BCUT2D eigenvalue weighted by molar-refractivity contribution is -0.870. The first-order valence-electron chi connectivity index (χ1n) is 11.5. The highest BCUT2D eigenvalue weighted by molar-refractivity contribution is 7.47. The molecule has 3 aromatic rings. The number of likely N-dealkylation sites (N-methyl/N-ethyl adjacent to an activating group) is 1. The van der Waals surface area contributed by atoms with Gasteiger partial charge in [-0.15, -0.1) is 0 Å². The average molecular weight is 501 g/mol. The molecule has 0 aromatic heterocycles. The maximum Gasteiger partial charge on any atom is 0.472 e. The van der Waals surface area contributed by atoms with Gasteiger partial charge in [-0.3, -0.25) is 9.05 Å². The van der Waals surface area contributed by atoms with Crippen molar-refractivity contribution in [2.75, 3.05) is 40.9 Å². The number of rotatable bonds is 12. The molecule has 7 nitrogen and oxygen atoms in total. The van der Waals surface area contributed by atoms with Gasteiger partial charge in [0.2, 0.25) is 0 Å². The number of aliphatic hydroxyl groups excluding tert-OH is 2. The summed E-state index contributed by atoms with van der Waals surface area (Å²) in [4.78, 5) is 10.7. The molecule has 0 aliphatic heterocycles. The lowest BCUT2D eigenvalue weighted by Crippen LogP contribution is -2.51. The molecule has 0 saturated carbocycles. The van der Waals surface area contributed by atoms with Crippen LogP contribution in [-0.2, 0) is 19.0 Å². The summed E-state index contributed by atoms with van der Waals surface area (Å²) in [6.45, 7) is -0.228. The van der Waals surface area contributed by atoms with Crippen LogP contribution in [0.2, 0.25) is 0 Å². The topological polar surface area (TPSA) is 96.2 Å². The molecule has 0 spiro atoms. The monoisotopic (exact) mass is 500 g/mol. The van der Waals surface area contributed by atoms with Gasteiger partial charge >= 0.3 is 7.82 Å². The number of hydrogen-bond acceptors (Lipinski definition) is 5. The first kappa shape index (κ1) is 27.2. The Morgan fingerprint density at radius 2 is 1.23 bits per heavy atom. The minimum absolute atomic E-state index is 0.0196. The fourth-order valence-electron chi connectivity index (χ4n) is 4.23. The molecule has 0 radical (unpaired) electrons. The zero-order chi connectivity index (χ0) is 25.5. The summed E-state index contributed by atoms with van der Waals surface area (Å²) in [6.07, 6.45) is -2.86. The third-order valence-electron chi connectivity index (χ3n) is 5.91. The Balaban J connectivity index is 2.21. The molecule has 0 saturated heterocycles. The number of hydrogen-bond donors (Lipinski definition) is 3. The lowest BCUT2D eigenvalue weighted by atomic mass is 9.64. The number of phosphoric acid groups is 1. The second-order valence-electron chi connectivity index (χ2n) is 9.50. The third-order valence-corrected chi connectivity index (χ3v) is 6.92. The van der Waals surface area contributed by atoms with Gasteiger partial charge in [0.25, 0.3) is 0 Å². The van der Waals surface area contributed by atoms with Gasteiger partial charge in [-0.1, -0.05) is 91.0 Å². The van der Waals surface area contributed by atoms with E-state index >= 15 is 0 Å². The summed E-state index contributed by atoms with van der Waals surface area (Å²) in [5.74, 6) is 0. The highest BCUT2D eigenvalue weighted by atomic mass is 31.2. The summed E-state index contributed by atoms with van der Waals surface area (Å²) in [5, 5.41) is 21.1. The number of aliphatic hydroxyl groups is 2. The van der Waals surface area contributed by atoms with Crippen LogP contribution in [0.4, 0.5) is 0 Å². The van der Waals surface area contributed by atoms with Crippen LogP contribution in [0.1, 0.15) is 16.7 Å². The Hall–Kier alpha value is -2.35. The Morgan fingerprint density at radius 3 is 1.57 bits per heavy atom. The maximum absolute atomic E-state index is 13.2. The standard InChI is InChI=1S/C27H34NO6P/c1-28(2,3)19-20-33-35(31,32)34-26(25(30)21-29)27(22-13-7-4-8-14-22,23-15-9-5-10-16-23)24-17-11-6-12-18-24/h4-18,25-26,29-30H,19-21H2,1-3H3/p+1/t25-,26?/m0/s1. The van der Waals surface area contributed by atoms with Gasteiger partial charge < -0.3 is 19.6 Å². The molecule has 3 aromatic carbocycles. The number of phosphoric ester groups is 1. The fourth-order valence-corrected chi connectivity index (χ4v) is 5.19. The van der Waals surface area contributed by atoms with E-state index in [-0.39, 0.29) is 6.61 Å². The van der Waals surface area contributed by atoms with E-state index < -0.39 is 32.1 Å². The second-order valence-corrected chi connectivity index (χ2v) is 10.9. The van der Waals surface area contributed by atoms with Gasteiger partial charge in [-0.05, 0) is 16.7 Å². The normalized spacial score (nSPS) is 15.8. The molecule has 3 rings (SSSR count). The van der Waals surface area contributed by atoms with Gasteiger partial charge in [-0.25, -0.2) is 4.57 Å². The molecule has 3 atom stereocenters. The smallest absolute Gasteiger partial charge is 0.394 e. The summed E-state index contributed by atoms with van der Waals surface area (Å²) >= 11 is 0. The highest BCUT2D eigenvalue weighted by Gasteiger charge is 2.50. The Kier molecular flexibility index (Phi) is 9.02. The van der Waals surface area contributed by atoms with Crippen molar-refractivity contribution in [3.63, 3.8) is 0 Å². The molecule has 188 valence electrons. The van der Waals surface area contributed by atoms with Crippen LogP contribution in [0.5, 0.6) is 0 Å². The van der Waals surface area contributed by atoms with Crippen molar-refractivity contribution in [2.45, 2.75) is 17.6 Å². The summed E-state index contributed by atoms with van der Waals surface area (Å²) in [6, 6.07) is 28.0. The maximum atomic E-state index is 13.2. The van der Waals surface area contributed by atoms with E-state index in [0.717, 1.165) is 16.7 Å². The lowest BCUT2D eigenvalue weighted by Gasteiger charge is -2.44. The van der Waals surface area contributed by atoms with Crippen LogP contribution < -0.4 is 0 Å². The molecule has 0 amide bonds. The van der Waals surface area contributed by atoms with Crippen LogP contribution in [-0.4, -0.2) is 72.7 Å². The van der Waals surface area contributed by atoms with E-state index in [1.54, 1.807) is 0 Å². The van der Waals surface area contributed by atoms with E-state index in [0.29, 0.717) is 11.0 Å². The Morgan fingerprint density at radius 1 is 0.829 bits per heavy atom. The molecule has 0 aliphatic carbocycles. The molecule has 0 bridgehead atoms. The molecule has 0 aliphatic rings. The minimum atomic E-state index is -4.64. The number of nitrogens with zero attached hydrogens (tertiary/aromatic N) is 1. The van der Waals surface area contributed by atoms with E-state index in [1.165, 1.54) is 0 Å². The summed E-state index contributed by atoms with van der Waals surface area (Å²) in [5.41, 5.74) is 0.928. The molecule has 8 heteroatoms. The summed E-state index contributed by atoms with van der Waals surface area (Å²) in [7, 11) is 1.18. The first-order valence-corrected chi connectivity index (χ1v) is 13.0. The van der Waals surface area contributed by atoms with Crippen LogP contribution in [0.15, 0.2) is 91.0 Å². The molecule has 2 unspecified atom stereocenters. The predicted octanol–water partition coefficient (Wildman–Crippen LogP) is 3.58. The fraction of sp³-hybridized carbons (Fsp3) is 0.333. The van der Waals surface area contributed by atoms with Crippen LogP contribution in [0.3, 0.4) is 0 Å². The van der Waals surface area contributed by atoms with Gasteiger partial charge in [0.15, 0.2) is 0 Å². The predicted molar refractivity (Wildman–Crippen MR) is 136 cm³/mol. The van der Waals surface area contributed by atoms with E-state index in [9.17, 15) is 19.7 Å². The van der Waals surface area contributed by atoms with Crippen LogP contribution in [0.25, 0.3) is 0 Å². The zero-order valence-corrected chi connectivity index (χ0v) is 21.3. The van der Waals surface area contributed by atoms with E-state index in [1.807, 2.05) is 112 Å². The third kappa shape index (κ3) is 6.66. The Labute approximate surface area is 207 Å². The summed E-state index contributed by atoms with van der Waals surface area (Å²) < 4.78 is 24.8. The van der Waals surface area contributed by atoms with E-state index in [2.05, 4.69) is 0 Å². The van der Waals surface area contributed by atoms with E-state index in [4.69, 9.17) is 9.05 Å². The van der Waals surface area contributed by atoms with Crippen molar-refractivity contribution >= 4 is 7.82 Å². The van der Waals surface area contributed by atoms with Crippen molar-refractivity contribution in [1.82, 2.24) is 0 Å². The Bertz CT molecular complexity index is 992. The number of benzene rings is 3. The molecule has 0 fully saturated rings. The van der Waals surface area contributed by atoms with Crippen molar-refractivity contribution in [3.05, 3.63) is 108 Å². The molecule has 0 heterocycles. The SMILES string of the molecule is C[N+](C)(C)CCOP(=O)(O)OC([C@@H](O)CO)C(c1ccccc1)(c1ccccc1)c1ccccc1. The quantitative estimate of drug-likeness (QED) is 0.200. The second kappa shape index (κ2) is 11.6. The minimum Gasteiger partial charge on any atom is -0.394 e. The first-order chi connectivity index (χ1) is 16.6.